The van der Waals surface area contributed by atoms with Gasteiger partial charge in [-0.05, 0) is 18.2 Å². The van der Waals surface area contributed by atoms with Gasteiger partial charge in [-0.2, -0.15) is 14.9 Å². The van der Waals surface area contributed by atoms with E-state index in [4.69, 9.17) is 0 Å². The van der Waals surface area contributed by atoms with E-state index in [0.29, 0.717) is 26.9 Å². The Labute approximate surface area is 129 Å². The van der Waals surface area contributed by atoms with E-state index in [0.717, 1.165) is 12.1 Å². The van der Waals surface area contributed by atoms with Crippen LogP contribution in [-0.2, 0) is 5.41 Å². The lowest BCUT2D eigenvalue weighted by atomic mass is 9.91. The Kier molecular flexibility index (Phi) is 3.22. The lowest BCUT2D eigenvalue weighted by Gasteiger charge is -2.14. The van der Waals surface area contributed by atoms with Crippen molar-refractivity contribution in [1.82, 2.24) is 14.6 Å². The van der Waals surface area contributed by atoms with Gasteiger partial charge in [-0.1, -0.05) is 32.1 Å². The molecule has 1 aromatic carbocycles. The SMILES string of the molecule is CC(C)(C)c1nc2sc(-c3ccc(F)c(F)c3)nn2c1C#N. The zero-order chi connectivity index (χ0) is 16.1. The second-order valence-corrected chi connectivity index (χ2v) is 6.86. The van der Waals surface area contributed by atoms with E-state index in [1.165, 1.54) is 21.9 Å². The fraction of sp³-hybridized carbons (Fsp3) is 0.267. The molecule has 4 nitrogen and oxygen atoms in total. The Bertz CT molecular complexity index is 912. The third-order valence-electron chi connectivity index (χ3n) is 3.19. The van der Waals surface area contributed by atoms with Crippen molar-refractivity contribution in [2.75, 3.05) is 0 Å². The Balaban J connectivity index is 2.17. The van der Waals surface area contributed by atoms with Gasteiger partial charge in [0, 0.05) is 11.0 Å². The van der Waals surface area contributed by atoms with Crippen molar-refractivity contribution < 1.29 is 8.78 Å². The van der Waals surface area contributed by atoms with Crippen LogP contribution in [0.4, 0.5) is 8.78 Å². The van der Waals surface area contributed by atoms with Gasteiger partial charge in [0.25, 0.3) is 0 Å². The Morgan fingerprint density at radius 3 is 2.55 bits per heavy atom. The molecule has 22 heavy (non-hydrogen) atoms. The van der Waals surface area contributed by atoms with Crippen molar-refractivity contribution in [2.24, 2.45) is 0 Å². The molecule has 7 heteroatoms. The van der Waals surface area contributed by atoms with Crippen molar-refractivity contribution in [1.29, 1.82) is 5.26 Å². The fourth-order valence-electron chi connectivity index (χ4n) is 2.12. The van der Waals surface area contributed by atoms with Gasteiger partial charge >= 0.3 is 0 Å². The van der Waals surface area contributed by atoms with Crippen LogP contribution in [0, 0.1) is 23.0 Å². The molecule has 0 aliphatic heterocycles. The maximum atomic E-state index is 13.3. The van der Waals surface area contributed by atoms with E-state index < -0.39 is 11.6 Å². The Morgan fingerprint density at radius 2 is 1.95 bits per heavy atom. The molecule has 0 fully saturated rings. The summed E-state index contributed by atoms with van der Waals surface area (Å²) in [4.78, 5) is 5.03. The van der Waals surface area contributed by atoms with E-state index in [-0.39, 0.29) is 5.41 Å². The van der Waals surface area contributed by atoms with Crippen LogP contribution in [0.2, 0.25) is 0 Å². The molecule has 0 unspecified atom stereocenters. The van der Waals surface area contributed by atoms with Gasteiger partial charge in [0.2, 0.25) is 4.96 Å². The van der Waals surface area contributed by atoms with Crippen molar-refractivity contribution in [2.45, 2.75) is 26.2 Å². The summed E-state index contributed by atoms with van der Waals surface area (Å²) in [7, 11) is 0. The van der Waals surface area contributed by atoms with Gasteiger partial charge in [-0.15, -0.1) is 0 Å². The van der Waals surface area contributed by atoms with Crippen LogP contribution >= 0.6 is 11.3 Å². The number of nitriles is 1. The average molecular weight is 318 g/mol. The van der Waals surface area contributed by atoms with Gasteiger partial charge in [0.15, 0.2) is 17.3 Å². The third kappa shape index (κ3) is 2.25. The standard InChI is InChI=1S/C15H12F2N4S/c1-15(2,3)12-11(7-18)21-14(19-12)22-13(20-21)8-4-5-9(16)10(17)6-8/h4-6H,1-3H3. The second-order valence-electron chi connectivity index (χ2n) is 5.90. The predicted octanol–water partition coefficient (Wildman–Crippen LogP) is 3.91. The minimum Gasteiger partial charge on any atom is -0.221 e. The van der Waals surface area contributed by atoms with Gasteiger partial charge in [0.05, 0.1) is 5.69 Å². The Morgan fingerprint density at radius 1 is 1.23 bits per heavy atom. The van der Waals surface area contributed by atoms with E-state index in [1.807, 2.05) is 20.8 Å². The molecule has 0 atom stereocenters. The average Bonchev–Trinajstić information content (AvgIpc) is 2.98. The van der Waals surface area contributed by atoms with Crippen LogP contribution in [-0.4, -0.2) is 14.6 Å². The van der Waals surface area contributed by atoms with E-state index >= 15 is 0 Å². The summed E-state index contributed by atoms with van der Waals surface area (Å²) < 4.78 is 27.8. The van der Waals surface area contributed by atoms with Gasteiger partial charge in [-0.25, -0.2) is 13.8 Å². The summed E-state index contributed by atoms with van der Waals surface area (Å²) >= 11 is 1.23. The first-order valence-corrected chi connectivity index (χ1v) is 7.38. The first kappa shape index (κ1) is 14.6. The highest BCUT2D eigenvalue weighted by Gasteiger charge is 2.26. The fourth-order valence-corrected chi connectivity index (χ4v) is 3.01. The number of hydrogen-bond donors (Lipinski definition) is 0. The smallest absolute Gasteiger partial charge is 0.214 e. The van der Waals surface area contributed by atoms with Crippen molar-refractivity contribution >= 4 is 16.3 Å². The molecular weight excluding hydrogens is 306 g/mol. The summed E-state index contributed by atoms with van der Waals surface area (Å²) in [6, 6.07) is 5.72. The lowest BCUT2D eigenvalue weighted by molar-refractivity contribution is 0.509. The first-order valence-electron chi connectivity index (χ1n) is 6.57. The van der Waals surface area contributed by atoms with Gasteiger partial charge < -0.3 is 0 Å². The molecule has 0 aliphatic rings. The van der Waals surface area contributed by atoms with Crippen LogP contribution in [0.3, 0.4) is 0 Å². The highest BCUT2D eigenvalue weighted by Crippen LogP contribution is 2.31. The summed E-state index contributed by atoms with van der Waals surface area (Å²) in [5.74, 6) is -1.83. The van der Waals surface area contributed by atoms with Crippen LogP contribution in [0.1, 0.15) is 32.2 Å². The van der Waals surface area contributed by atoms with Crippen molar-refractivity contribution in [3.8, 4) is 16.6 Å². The summed E-state index contributed by atoms with van der Waals surface area (Å²) in [6.45, 7) is 5.91. The summed E-state index contributed by atoms with van der Waals surface area (Å²) in [6.07, 6.45) is 0. The predicted molar refractivity (Wildman–Crippen MR) is 79.6 cm³/mol. The van der Waals surface area contributed by atoms with Crippen LogP contribution < -0.4 is 0 Å². The topological polar surface area (TPSA) is 54.0 Å². The molecule has 0 saturated heterocycles. The molecule has 0 bridgehead atoms. The maximum Gasteiger partial charge on any atom is 0.214 e. The van der Waals surface area contributed by atoms with E-state index in [2.05, 4.69) is 16.2 Å². The highest BCUT2D eigenvalue weighted by molar-refractivity contribution is 7.19. The normalized spacial score (nSPS) is 11.8. The molecule has 0 radical (unpaired) electrons. The minimum absolute atomic E-state index is 0.277. The molecule has 0 spiro atoms. The summed E-state index contributed by atoms with van der Waals surface area (Å²) in [5.41, 5.74) is 1.22. The number of hydrogen-bond acceptors (Lipinski definition) is 4. The minimum atomic E-state index is -0.929. The molecule has 2 aromatic heterocycles. The number of fused-ring (bicyclic) bond motifs is 1. The first-order chi connectivity index (χ1) is 10.3. The zero-order valence-electron chi connectivity index (χ0n) is 12.2. The molecule has 0 aliphatic carbocycles. The van der Waals surface area contributed by atoms with Gasteiger partial charge in [-0.3, -0.25) is 0 Å². The molecule has 0 N–H and O–H groups in total. The molecular formula is C15H12F2N4S. The molecule has 3 rings (SSSR count). The molecule has 0 saturated carbocycles. The van der Waals surface area contributed by atoms with E-state index in [9.17, 15) is 14.0 Å². The van der Waals surface area contributed by atoms with Crippen molar-refractivity contribution in [3.05, 3.63) is 41.2 Å². The van der Waals surface area contributed by atoms with Crippen LogP contribution in [0.15, 0.2) is 18.2 Å². The summed E-state index contributed by atoms with van der Waals surface area (Å²) in [5, 5.41) is 14.2. The van der Waals surface area contributed by atoms with E-state index in [1.54, 1.807) is 0 Å². The monoisotopic (exact) mass is 318 g/mol. The highest BCUT2D eigenvalue weighted by atomic mass is 32.1. The molecule has 112 valence electrons. The Hall–Kier alpha value is -2.33. The number of nitrogens with zero attached hydrogens (tertiary/aromatic N) is 4. The number of benzene rings is 1. The molecule has 0 amide bonds. The van der Waals surface area contributed by atoms with Crippen LogP contribution in [0.5, 0.6) is 0 Å². The number of halogens is 2. The molecule has 3 aromatic rings. The van der Waals surface area contributed by atoms with Crippen molar-refractivity contribution in [3.63, 3.8) is 0 Å². The number of imidazole rings is 1. The largest absolute Gasteiger partial charge is 0.221 e. The third-order valence-corrected chi connectivity index (χ3v) is 4.14. The molecule has 2 heterocycles. The van der Waals surface area contributed by atoms with Crippen LogP contribution in [0.25, 0.3) is 15.5 Å². The lowest BCUT2D eigenvalue weighted by Crippen LogP contribution is -2.14. The van der Waals surface area contributed by atoms with Gasteiger partial charge in [0.1, 0.15) is 11.1 Å². The quantitative estimate of drug-likeness (QED) is 0.683. The second kappa shape index (κ2) is 4.85. The maximum absolute atomic E-state index is 13.3. The number of rotatable bonds is 1. The zero-order valence-corrected chi connectivity index (χ0v) is 13.0. The number of aromatic nitrogens is 3.